The molecule has 4 aromatic carbocycles. The van der Waals surface area contributed by atoms with Crippen LogP contribution in [0.1, 0.15) is 52.0 Å². The number of aromatic nitrogens is 3. The van der Waals surface area contributed by atoms with Crippen molar-refractivity contribution < 1.29 is 33.0 Å². The molecule has 0 saturated carbocycles. The molecule has 0 spiro atoms. The van der Waals surface area contributed by atoms with Crippen LogP contribution in [0.4, 0.5) is 32.1 Å². The number of urea groups is 1. The number of hydrogen-bond donors (Lipinski definition) is 3. The lowest BCUT2D eigenvalue weighted by Crippen LogP contribution is -2.49. The summed E-state index contributed by atoms with van der Waals surface area (Å²) in [7, 11) is 1.50. The van der Waals surface area contributed by atoms with E-state index >= 15 is 4.39 Å². The summed E-state index contributed by atoms with van der Waals surface area (Å²) >= 11 is 6.61. The van der Waals surface area contributed by atoms with E-state index in [0.717, 1.165) is 38.9 Å². The minimum Gasteiger partial charge on any atom is -0.495 e. The molecular weight excluding hydrogens is 853 g/mol. The molecule has 6 aromatic rings. The van der Waals surface area contributed by atoms with E-state index in [-0.39, 0.29) is 47.0 Å². The van der Waals surface area contributed by atoms with Gasteiger partial charge in [0.05, 0.1) is 34.5 Å². The molecule has 3 N–H and O–H groups in total. The fraction of sp³-hybridized carbons (Fsp3) is 0.292. The SMILES string of the molecule is COc1ccc(C(=O)N2CCCN(CC3CCN(c4ccc(Nc5ncnc6[nH]cc(C(=O)c7ccc(Oc8ccccc8)cc7Cl)c56)cc4F)CC3)CC2)cc1N1CCC(=O)NC1=O. The van der Waals surface area contributed by atoms with Crippen LogP contribution in [0.15, 0.2) is 97.5 Å². The van der Waals surface area contributed by atoms with E-state index < -0.39 is 6.03 Å². The van der Waals surface area contributed by atoms with Crippen LogP contribution in [0.2, 0.25) is 5.02 Å². The molecule has 65 heavy (non-hydrogen) atoms. The number of piperidine rings is 1. The summed E-state index contributed by atoms with van der Waals surface area (Å²) in [5.74, 6) is 1.18. The maximum absolute atomic E-state index is 15.9. The number of amides is 4. The van der Waals surface area contributed by atoms with Crippen molar-refractivity contribution in [1.29, 1.82) is 0 Å². The highest BCUT2D eigenvalue weighted by molar-refractivity contribution is 6.36. The summed E-state index contributed by atoms with van der Waals surface area (Å²) in [6.45, 7) is 5.29. The Balaban J connectivity index is 0.793. The van der Waals surface area contributed by atoms with Gasteiger partial charge in [-0.3, -0.25) is 24.6 Å². The summed E-state index contributed by atoms with van der Waals surface area (Å²) in [6, 6.07) is 23.7. The molecule has 2 aromatic heterocycles. The monoisotopic (exact) mass is 899 g/mol. The van der Waals surface area contributed by atoms with E-state index in [1.807, 2.05) is 35.2 Å². The zero-order valence-corrected chi connectivity index (χ0v) is 36.4. The number of hydrogen-bond acceptors (Lipinski definition) is 11. The lowest BCUT2D eigenvalue weighted by Gasteiger charge is -2.36. The molecule has 3 aliphatic heterocycles. The van der Waals surface area contributed by atoms with Crippen molar-refractivity contribution in [3.05, 3.63) is 125 Å². The Morgan fingerprint density at radius 3 is 2.46 bits per heavy atom. The molecule has 9 rings (SSSR count). The fourth-order valence-electron chi connectivity index (χ4n) is 8.82. The number of ketones is 1. The molecule has 334 valence electrons. The molecule has 3 saturated heterocycles. The van der Waals surface area contributed by atoms with Crippen molar-refractivity contribution in [3.8, 4) is 17.2 Å². The molecule has 3 fully saturated rings. The predicted octanol–water partition coefficient (Wildman–Crippen LogP) is 8.04. The fourth-order valence-corrected chi connectivity index (χ4v) is 9.07. The Morgan fingerprint density at radius 1 is 0.862 bits per heavy atom. The van der Waals surface area contributed by atoms with E-state index in [9.17, 15) is 19.2 Å². The average molecular weight is 900 g/mol. The highest BCUT2D eigenvalue weighted by atomic mass is 35.5. The van der Waals surface area contributed by atoms with Gasteiger partial charge in [0.1, 0.15) is 40.9 Å². The number of anilines is 4. The maximum atomic E-state index is 15.9. The van der Waals surface area contributed by atoms with Gasteiger partial charge in [0.25, 0.3) is 5.91 Å². The zero-order valence-electron chi connectivity index (χ0n) is 35.7. The van der Waals surface area contributed by atoms with E-state index in [1.165, 1.54) is 24.4 Å². The third-order valence-corrected chi connectivity index (χ3v) is 12.5. The Labute approximate surface area is 379 Å². The van der Waals surface area contributed by atoms with E-state index in [2.05, 4.69) is 35.4 Å². The molecule has 5 heterocycles. The molecule has 0 unspecified atom stereocenters. The Morgan fingerprint density at radius 2 is 1.69 bits per heavy atom. The minimum absolute atomic E-state index is 0.117. The van der Waals surface area contributed by atoms with Gasteiger partial charge >= 0.3 is 6.03 Å². The molecule has 0 bridgehead atoms. The number of fused-ring (bicyclic) bond motifs is 1. The molecule has 0 radical (unpaired) electrons. The lowest BCUT2D eigenvalue weighted by molar-refractivity contribution is -0.120. The van der Waals surface area contributed by atoms with Crippen LogP contribution >= 0.6 is 11.6 Å². The van der Waals surface area contributed by atoms with Gasteiger partial charge in [0.2, 0.25) is 5.91 Å². The van der Waals surface area contributed by atoms with E-state index in [0.29, 0.717) is 94.4 Å². The molecule has 0 aliphatic carbocycles. The largest absolute Gasteiger partial charge is 0.495 e. The predicted molar refractivity (Wildman–Crippen MR) is 245 cm³/mol. The zero-order chi connectivity index (χ0) is 45.0. The third kappa shape index (κ3) is 9.45. The second-order valence-electron chi connectivity index (χ2n) is 16.3. The number of carbonyl (C=O) groups is 4. The van der Waals surface area contributed by atoms with Crippen molar-refractivity contribution in [2.75, 3.05) is 74.6 Å². The van der Waals surface area contributed by atoms with Crippen molar-refractivity contribution in [1.82, 2.24) is 30.1 Å². The highest BCUT2D eigenvalue weighted by Gasteiger charge is 2.30. The number of nitrogens with zero attached hydrogens (tertiary/aromatic N) is 6. The van der Waals surface area contributed by atoms with Gasteiger partial charge in [-0.15, -0.1) is 0 Å². The normalized spacial score (nSPS) is 16.3. The second kappa shape index (κ2) is 19.0. The van der Waals surface area contributed by atoms with Crippen molar-refractivity contribution in [2.24, 2.45) is 5.92 Å². The van der Waals surface area contributed by atoms with E-state index in [4.69, 9.17) is 21.1 Å². The number of rotatable bonds is 12. The first-order chi connectivity index (χ1) is 31.6. The van der Waals surface area contributed by atoms with Crippen LogP contribution in [0.5, 0.6) is 17.2 Å². The Bertz CT molecular complexity index is 2760. The molecule has 4 amide bonds. The number of halogens is 2. The number of ether oxygens (including phenoxy) is 2. The first kappa shape index (κ1) is 43.2. The van der Waals surface area contributed by atoms with Crippen molar-refractivity contribution in [2.45, 2.75) is 25.7 Å². The molecule has 0 atom stereocenters. The average Bonchev–Trinajstić information content (AvgIpc) is 3.62. The van der Waals surface area contributed by atoms with Crippen LogP contribution < -0.4 is 29.9 Å². The summed E-state index contributed by atoms with van der Waals surface area (Å²) in [6.07, 6.45) is 5.73. The van der Waals surface area contributed by atoms with Crippen LogP contribution in [0.3, 0.4) is 0 Å². The quantitative estimate of drug-likeness (QED) is 0.102. The Kier molecular flexibility index (Phi) is 12.6. The third-order valence-electron chi connectivity index (χ3n) is 12.2. The van der Waals surface area contributed by atoms with Gasteiger partial charge in [-0.1, -0.05) is 29.8 Å². The van der Waals surface area contributed by atoms with Gasteiger partial charge in [0.15, 0.2) is 5.78 Å². The first-order valence-corrected chi connectivity index (χ1v) is 22.0. The maximum Gasteiger partial charge on any atom is 0.328 e. The van der Waals surface area contributed by atoms with Crippen molar-refractivity contribution >= 4 is 69.1 Å². The number of nitrogens with one attached hydrogen (secondary N) is 3. The summed E-state index contributed by atoms with van der Waals surface area (Å²) in [5, 5.41) is 6.21. The van der Waals surface area contributed by atoms with Gasteiger partial charge in [-0.05, 0) is 92.4 Å². The molecule has 17 heteroatoms. The summed E-state index contributed by atoms with van der Waals surface area (Å²) in [5.41, 5.74) is 2.91. The van der Waals surface area contributed by atoms with Crippen LogP contribution in [-0.4, -0.2) is 108 Å². The molecule has 3 aliphatic rings. The number of methoxy groups -OCH3 is 1. The first-order valence-electron chi connectivity index (χ1n) is 21.6. The lowest BCUT2D eigenvalue weighted by atomic mass is 9.95. The number of aromatic amines is 1. The van der Waals surface area contributed by atoms with Crippen molar-refractivity contribution in [3.63, 3.8) is 0 Å². The second-order valence-corrected chi connectivity index (χ2v) is 16.8. The van der Waals surface area contributed by atoms with Gasteiger partial charge in [-0.25, -0.2) is 19.2 Å². The number of benzene rings is 4. The van der Waals surface area contributed by atoms with Crippen LogP contribution in [0.25, 0.3) is 11.0 Å². The highest BCUT2D eigenvalue weighted by Crippen LogP contribution is 2.35. The molecule has 15 nitrogen and oxygen atoms in total. The molecular formula is C48H47ClFN9O6. The van der Waals surface area contributed by atoms with Crippen LogP contribution in [-0.2, 0) is 4.79 Å². The number of para-hydroxylation sites is 1. The number of H-pyrrole nitrogens is 1. The van der Waals surface area contributed by atoms with Gasteiger partial charge in [0, 0.05) is 81.3 Å². The van der Waals surface area contributed by atoms with Crippen LogP contribution in [0, 0.1) is 11.7 Å². The van der Waals surface area contributed by atoms with Gasteiger partial charge < -0.3 is 34.5 Å². The Hall–Kier alpha value is -7.04. The summed E-state index contributed by atoms with van der Waals surface area (Å²) < 4.78 is 27.3. The number of carbonyl (C=O) groups excluding carboxylic acids is 4. The number of imide groups is 1. The topological polar surface area (TPSA) is 165 Å². The standard InChI is InChI=1S/C48H47ClFN9O6/c1-64-41-13-8-31(24-40(41)59-21-16-42(60)55-48(59)63)47(62)58-18-5-17-56(22-23-58)28-30-14-19-57(20-15-30)39-12-9-32(25-38(39)50)54-46-43-36(27-51-45(43)52-29-53-46)44(61)35-11-10-34(26-37(35)49)65-33-6-3-2-4-7-33/h2-4,6-13,24-27,29-30H,5,14-23,28H2,1H3,(H,55,60,63)(H2,51,52,53,54). The minimum atomic E-state index is -0.541. The van der Waals surface area contributed by atoms with Gasteiger partial charge in [-0.2, -0.15) is 0 Å². The smallest absolute Gasteiger partial charge is 0.328 e. The van der Waals surface area contributed by atoms with E-state index in [1.54, 1.807) is 54.7 Å². The summed E-state index contributed by atoms with van der Waals surface area (Å²) in [4.78, 5) is 71.5.